The van der Waals surface area contributed by atoms with Crippen LogP contribution in [0.4, 0.5) is 0 Å². The van der Waals surface area contributed by atoms with Crippen LogP contribution >= 0.6 is 15.9 Å². The van der Waals surface area contributed by atoms with Gasteiger partial charge in [0.1, 0.15) is 0 Å². The molecule has 1 aromatic carbocycles. The summed E-state index contributed by atoms with van der Waals surface area (Å²) in [5, 5.41) is 14.9. The van der Waals surface area contributed by atoms with Gasteiger partial charge < -0.3 is 5.32 Å². The number of benzene rings is 1. The zero-order chi connectivity index (χ0) is 16.2. The van der Waals surface area contributed by atoms with Crippen LogP contribution in [-0.2, 0) is 6.54 Å². The molecule has 0 radical (unpaired) electrons. The average Bonchev–Trinajstić information content (AvgIpc) is 2.96. The average molecular weight is 372 g/mol. The summed E-state index contributed by atoms with van der Waals surface area (Å²) < 4.78 is 2.73. The number of halogens is 1. The molecule has 0 atom stereocenters. The summed E-state index contributed by atoms with van der Waals surface area (Å²) in [5.41, 5.74) is 2.86. The molecule has 0 aliphatic carbocycles. The lowest BCUT2D eigenvalue weighted by atomic mass is 10.3. The summed E-state index contributed by atoms with van der Waals surface area (Å²) in [4.78, 5) is 12.2. The highest BCUT2D eigenvalue weighted by molar-refractivity contribution is 9.10. The molecule has 1 N–H and O–H groups in total. The third-order valence-electron chi connectivity index (χ3n) is 3.25. The van der Waals surface area contributed by atoms with Gasteiger partial charge in [-0.05, 0) is 49.4 Å². The predicted molar refractivity (Wildman–Crippen MR) is 89.2 cm³/mol. The SMILES string of the molecule is Cc1cc(C(=O)NCc2cccnn2)nn1-c1ccc(Br)cc1. The van der Waals surface area contributed by atoms with E-state index in [-0.39, 0.29) is 5.91 Å². The fourth-order valence-corrected chi connectivity index (χ4v) is 2.38. The molecule has 0 bridgehead atoms. The van der Waals surface area contributed by atoms with Gasteiger partial charge in [0.05, 0.1) is 17.9 Å². The van der Waals surface area contributed by atoms with Crippen molar-refractivity contribution in [2.75, 3.05) is 0 Å². The van der Waals surface area contributed by atoms with Crippen LogP contribution < -0.4 is 5.32 Å². The number of amides is 1. The minimum absolute atomic E-state index is 0.241. The monoisotopic (exact) mass is 371 g/mol. The first-order valence-corrected chi connectivity index (χ1v) is 7.80. The lowest BCUT2D eigenvalue weighted by Crippen LogP contribution is -2.24. The molecule has 6 nitrogen and oxygen atoms in total. The van der Waals surface area contributed by atoms with Gasteiger partial charge in [0.2, 0.25) is 0 Å². The van der Waals surface area contributed by atoms with Gasteiger partial charge in [0.15, 0.2) is 5.69 Å². The van der Waals surface area contributed by atoms with E-state index in [1.165, 1.54) is 0 Å². The molecule has 0 saturated heterocycles. The molecule has 3 rings (SSSR count). The Labute approximate surface area is 141 Å². The molecule has 7 heteroatoms. The molecule has 0 unspecified atom stereocenters. The molecule has 0 aliphatic heterocycles. The molecule has 0 spiro atoms. The summed E-state index contributed by atoms with van der Waals surface area (Å²) in [7, 11) is 0. The number of nitrogens with zero attached hydrogens (tertiary/aromatic N) is 4. The number of aryl methyl sites for hydroxylation is 1. The highest BCUT2D eigenvalue weighted by atomic mass is 79.9. The van der Waals surface area contributed by atoms with Crippen molar-refractivity contribution >= 4 is 21.8 Å². The van der Waals surface area contributed by atoms with Crippen LogP contribution in [0.1, 0.15) is 21.9 Å². The Hall–Kier alpha value is -2.54. The minimum atomic E-state index is -0.241. The third kappa shape index (κ3) is 3.62. The minimum Gasteiger partial charge on any atom is -0.345 e. The smallest absolute Gasteiger partial charge is 0.272 e. The molecule has 0 aliphatic rings. The Morgan fingerprint density at radius 2 is 2.04 bits per heavy atom. The van der Waals surface area contributed by atoms with Crippen molar-refractivity contribution in [1.29, 1.82) is 0 Å². The number of rotatable bonds is 4. The number of nitrogens with one attached hydrogen (secondary N) is 1. The molecule has 2 aromatic heterocycles. The van der Waals surface area contributed by atoms with Gasteiger partial charge in [-0.15, -0.1) is 0 Å². The van der Waals surface area contributed by atoms with Crippen LogP contribution in [0.2, 0.25) is 0 Å². The standard InChI is InChI=1S/C16H14BrN5O/c1-11-9-15(16(23)18-10-13-3-2-8-19-20-13)21-22(11)14-6-4-12(17)5-7-14/h2-9H,10H2,1H3,(H,18,23). The Morgan fingerprint density at radius 1 is 1.26 bits per heavy atom. The van der Waals surface area contributed by atoms with Crippen LogP contribution in [-0.4, -0.2) is 25.9 Å². The van der Waals surface area contributed by atoms with E-state index >= 15 is 0 Å². The second kappa shape index (κ2) is 6.70. The predicted octanol–water partition coefficient (Wildman–Crippen LogP) is 2.66. The van der Waals surface area contributed by atoms with Crippen molar-refractivity contribution in [1.82, 2.24) is 25.3 Å². The van der Waals surface area contributed by atoms with Crippen LogP contribution in [0.15, 0.2) is 53.1 Å². The molecular weight excluding hydrogens is 358 g/mol. The largest absolute Gasteiger partial charge is 0.345 e. The first-order chi connectivity index (χ1) is 11.1. The summed E-state index contributed by atoms with van der Waals surface area (Å²) in [6.45, 7) is 2.23. The van der Waals surface area contributed by atoms with E-state index in [1.807, 2.05) is 31.2 Å². The number of aromatic nitrogens is 4. The molecule has 0 fully saturated rings. The normalized spacial score (nSPS) is 10.5. The van der Waals surface area contributed by atoms with Gasteiger partial charge in [0.25, 0.3) is 5.91 Å². The highest BCUT2D eigenvalue weighted by Gasteiger charge is 2.13. The Bertz CT molecular complexity index is 814. The summed E-state index contributed by atoms with van der Waals surface area (Å²) in [5.74, 6) is -0.241. The van der Waals surface area contributed by atoms with Gasteiger partial charge in [0, 0.05) is 16.4 Å². The van der Waals surface area contributed by atoms with Crippen LogP contribution in [0.25, 0.3) is 5.69 Å². The van der Waals surface area contributed by atoms with E-state index in [0.29, 0.717) is 17.9 Å². The maximum atomic E-state index is 12.2. The highest BCUT2D eigenvalue weighted by Crippen LogP contribution is 2.16. The molecule has 2 heterocycles. The van der Waals surface area contributed by atoms with Crippen molar-refractivity contribution in [2.24, 2.45) is 0 Å². The van der Waals surface area contributed by atoms with Crippen molar-refractivity contribution in [3.63, 3.8) is 0 Å². The van der Waals surface area contributed by atoms with Gasteiger partial charge in [-0.25, -0.2) is 4.68 Å². The number of carbonyl (C=O) groups is 1. The van der Waals surface area contributed by atoms with Crippen LogP contribution in [0.5, 0.6) is 0 Å². The molecule has 116 valence electrons. The lowest BCUT2D eigenvalue weighted by molar-refractivity contribution is 0.0945. The Balaban J connectivity index is 1.75. The summed E-state index contributed by atoms with van der Waals surface area (Å²) in [6.07, 6.45) is 1.59. The van der Waals surface area contributed by atoms with Crippen molar-refractivity contribution in [3.8, 4) is 5.69 Å². The van der Waals surface area contributed by atoms with Gasteiger partial charge in [-0.2, -0.15) is 15.3 Å². The van der Waals surface area contributed by atoms with E-state index < -0.39 is 0 Å². The van der Waals surface area contributed by atoms with E-state index in [2.05, 4.69) is 36.5 Å². The first-order valence-electron chi connectivity index (χ1n) is 7.01. The van der Waals surface area contributed by atoms with Gasteiger partial charge >= 0.3 is 0 Å². The summed E-state index contributed by atoms with van der Waals surface area (Å²) in [6, 6.07) is 13.1. The fraction of sp³-hybridized carbons (Fsp3) is 0.125. The lowest BCUT2D eigenvalue weighted by Gasteiger charge is -2.04. The van der Waals surface area contributed by atoms with Crippen LogP contribution in [0.3, 0.4) is 0 Å². The number of hydrogen-bond acceptors (Lipinski definition) is 4. The van der Waals surface area contributed by atoms with E-state index in [4.69, 9.17) is 0 Å². The second-order valence-electron chi connectivity index (χ2n) is 4.96. The zero-order valence-electron chi connectivity index (χ0n) is 12.4. The molecule has 3 aromatic rings. The number of carbonyl (C=O) groups excluding carboxylic acids is 1. The topological polar surface area (TPSA) is 72.7 Å². The van der Waals surface area contributed by atoms with Crippen molar-refractivity contribution < 1.29 is 4.79 Å². The van der Waals surface area contributed by atoms with E-state index in [0.717, 1.165) is 15.9 Å². The number of hydrogen-bond donors (Lipinski definition) is 1. The van der Waals surface area contributed by atoms with Gasteiger partial charge in [-0.1, -0.05) is 15.9 Å². The zero-order valence-corrected chi connectivity index (χ0v) is 14.0. The van der Waals surface area contributed by atoms with Crippen molar-refractivity contribution in [3.05, 3.63) is 70.2 Å². The second-order valence-corrected chi connectivity index (χ2v) is 5.87. The fourth-order valence-electron chi connectivity index (χ4n) is 2.12. The Morgan fingerprint density at radius 3 is 2.74 bits per heavy atom. The molecular formula is C16H14BrN5O. The maximum Gasteiger partial charge on any atom is 0.272 e. The maximum absolute atomic E-state index is 12.2. The Kier molecular flexibility index (Phi) is 4.47. The molecule has 23 heavy (non-hydrogen) atoms. The van der Waals surface area contributed by atoms with E-state index in [9.17, 15) is 4.79 Å². The van der Waals surface area contributed by atoms with Crippen molar-refractivity contribution in [2.45, 2.75) is 13.5 Å². The quantitative estimate of drug-likeness (QED) is 0.764. The molecule has 1 amide bonds. The van der Waals surface area contributed by atoms with Crippen LogP contribution in [0, 0.1) is 6.92 Å². The molecule has 0 saturated carbocycles. The first kappa shape index (κ1) is 15.4. The van der Waals surface area contributed by atoms with Gasteiger partial charge in [-0.3, -0.25) is 4.79 Å². The summed E-state index contributed by atoms with van der Waals surface area (Å²) >= 11 is 3.40. The third-order valence-corrected chi connectivity index (χ3v) is 3.78. The van der Waals surface area contributed by atoms with E-state index in [1.54, 1.807) is 29.1 Å².